The molecule has 0 bridgehead atoms. The molecule has 37 heavy (non-hydrogen) atoms. The number of carbonyl (C=O) groups excluding carboxylic acids is 2. The molecule has 1 aromatic heterocycles. The third kappa shape index (κ3) is 7.03. The van der Waals surface area contributed by atoms with Gasteiger partial charge in [0.05, 0.1) is 24.1 Å². The predicted molar refractivity (Wildman–Crippen MR) is 137 cm³/mol. The number of amides is 2. The van der Waals surface area contributed by atoms with Gasteiger partial charge in [0.25, 0.3) is 5.91 Å². The summed E-state index contributed by atoms with van der Waals surface area (Å²) in [7, 11) is 0. The van der Waals surface area contributed by atoms with Crippen molar-refractivity contribution in [3.8, 4) is 17.0 Å². The zero-order valence-electron chi connectivity index (χ0n) is 21.6. The van der Waals surface area contributed by atoms with Crippen LogP contribution in [-0.4, -0.2) is 71.1 Å². The van der Waals surface area contributed by atoms with Gasteiger partial charge in [0.15, 0.2) is 0 Å². The number of rotatable bonds is 8. The first kappa shape index (κ1) is 27.0. The Morgan fingerprint density at radius 1 is 1.11 bits per heavy atom. The molecule has 2 fully saturated rings. The normalized spacial score (nSPS) is 19.6. The molecule has 9 heteroatoms. The van der Waals surface area contributed by atoms with Gasteiger partial charge in [-0.05, 0) is 89.2 Å². The minimum atomic E-state index is -1.18. The van der Waals surface area contributed by atoms with Crippen molar-refractivity contribution >= 4 is 11.8 Å². The van der Waals surface area contributed by atoms with Crippen LogP contribution in [0.15, 0.2) is 36.5 Å². The number of benzene rings is 1. The Kier molecular flexibility index (Phi) is 8.42. The second kappa shape index (κ2) is 11.5. The van der Waals surface area contributed by atoms with E-state index in [1.807, 2.05) is 0 Å². The van der Waals surface area contributed by atoms with Crippen LogP contribution in [0.25, 0.3) is 11.3 Å². The van der Waals surface area contributed by atoms with Crippen LogP contribution in [0.1, 0.15) is 56.3 Å². The molecule has 0 unspecified atom stereocenters. The number of ether oxygens (including phenoxy) is 1. The number of halogens is 2. The van der Waals surface area contributed by atoms with Crippen molar-refractivity contribution in [2.45, 2.75) is 57.7 Å². The third-order valence-electron chi connectivity index (χ3n) is 7.12. The zero-order chi connectivity index (χ0) is 26.6. The summed E-state index contributed by atoms with van der Waals surface area (Å²) in [6.07, 6.45) is 5.59. The van der Waals surface area contributed by atoms with Crippen LogP contribution in [0.4, 0.5) is 8.78 Å². The molecule has 0 saturated carbocycles. The lowest BCUT2D eigenvalue weighted by Crippen LogP contribution is -2.50. The first-order chi connectivity index (χ1) is 17.6. The fourth-order valence-corrected chi connectivity index (χ4v) is 5.17. The van der Waals surface area contributed by atoms with E-state index < -0.39 is 29.3 Å². The molecule has 7 nitrogen and oxygen atoms in total. The van der Waals surface area contributed by atoms with Crippen LogP contribution >= 0.6 is 0 Å². The maximum Gasteiger partial charge on any atom is 0.257 e. The molecule has 2 aliphatic rings. The summed E-state index contributed by atoms with van der Waals surface area (Å²) in [5, 5.41) is 0. The number of hydrogen-bond donors (Lipinski definition) is 1. The van der Waals surface area contributed by atoms with E-state index >= 15 is 0 Å². The van der Waals surface area contributed by atoms with Crippen LogP contribution in [-0.2, 0) is 4.79 Å². The first-order valence-corrected chi connectivity index (χ1v) is 13.0. The number of aromatic nitrogens is 1. The van der Waals surface area contributed by atoms with Gasteiger partial charge in [0, 0.05) is 18.7 Å². The highest BCUT2D eigenvalue weighted by Gasteiger charge is 2.32. The smallest absolute Gasteiger partial charge is 0.257 e. The van der Waals surface area contributed by atoms with Crippen molar-refractivity contribution in [3.05, 3.63) is 47.9 Å². The number of alkyl halides is 1. The van der Waals surface area contributed by atoms with Gasteiger partial charge in [-0.15, -0.1) is 0 Å². The monoisotopic (exact) mass is 514 g/mol. The van der Waals surface area contributed by atoms with Crippen molar-refractivity contribution in [3.63, 3.8) is 0 Å². The molecule has 4 rings (SSSR count). The molecule has 3 heterocycles. The number of hydrogen-bond acceptors (Lipinski definition) is 5. The third-order valence-corrected chi connectivity index (χ3v) is 7.12. The largest absolute Gasteiger partial charge is 0.492 e. The standard InChI is InChI=1S/C28H36F2N4O3/c1-28(2,30)18-33-13-10-19(11-14-33)17-37-21-7-9-24(32-16-21)20-6-8-22(23(29)15-20)27(36)34-12-4-3-5-25(34)26(31)35/h6-9,15-16,19,25H,3-5,10-14,17-18H2,1-2H3,(H2,31,35)/t25-/m0/s1. The Labute approximate surface area is 217 Å². The average molecular weight is 515 g/mol. The van der Waals surface area contributed by atoms with Gasteiger partial charge in [-0.2, -0.15) is 0 Å². The quantitative estimate of drug-likeness (QED) is 0.570. The van der Waals surface area contributed by atoms with Crippen molar-refractivity contribution < 1.29 is 23.1 Å². The number of nitrogens with zero attached hydrogens (tertiary/aromatic N) is 3. The SMILES string of the molecule is CC(C)(F)CN1CCC(COc2ccc(-c3ccc(C(=O)N4CCCC[C@H]4C(N)=O)c(F)c3)nc2)CC1. The second-order valence-electron chi connectivity index (χ2n) is 10.7. The number of likely N-dealkylation sites (tertiary alicyclic amines) is 2. The fraction of sp³-hybridized carbons (Fsp3) is 0.536. The van der Waals surface area contributed by atoms with Crippen LogP contribution < -0.4 is 10.5 Å². The number of pyridine rings is 1. The summed E-state index contributed by atoms with van der Waals surface area (Å²) in [5.74, 6) is -0.717. The Hall–Kier alpha value is -3.07. The summed E-state index contributed by atoms with van der Waals surface area (Å²) in [6.45, 7) is 6.35. The fourth-order valence-electron chi connectivity index (χ4n) is 5.17. The summed E-state index contributed by atoms with van der Waals surface area (Å²) < 4.78 is 34.7. The highest BCUT2D eigenvalue weighted by Crippen LogP contribution is 2.26. The molecule has 2 amide bonds. The molecule has 2 N–H and O–H groups in total. The maximum absolute atomic E-state index is 15.0. The van der Waals surface area contributed by atoms with Crippen LogP contribution in [0.3, 0.4) is 0 Å². The topological polar surface area (TPSA) is 88.8 Å². The predicted octanol–water partition coefficient (Wildman–Crippen LogP) is 4.21. The van der Waals surface area contributed by atoms with Crippen LogP contribution in [0.2, 0.25) is 0 Å². The van der Waals surface area contributed by atoms with E-state index in [0.717, 1.165) is 38.8 Å². The summed E-state index contributed by atoms with van der Waals surface area (Å²) in [4.78, 5) is 32.6. The summed E-state index contributed by atoms with van der Waals surface area (Å²) in [6, 6.07) is 7.21. The summed E-state index contributed by atoms with van der Waals surface area (Å²) >= 11 is 0. The van der Waals surface area contributed by atoms with E-state index in [1.165, 1.54) is 17.0 Å². The number of primary amides is 1. The van der Waals surface area contributed by atoms with Crippen molar-refractivity contribution in [1.29, 1.82) is 0 Å². The van der Waals surface area contributed by atoms with Crippen molar-refractivity contribution in [2.75, 3.05) is 32.8 Å². The maximum atomic E-state index is 15.0. The van der Waals surface area contributed by atoms with E-state index in [4.69, 9.17) is 10.5 Å². The van der Waals surface area contributed by atoms with E-state index in [-0.39, 0.29) is 5.56 Å². The van der Waals surface area contributed by atoms with Crippen molar-refractivity contribution in [2.24, 2.45) is 11.7 Å². The van der Waals surface area contributed by atoms with E-state index in [0.29, 0.717) is 49.0 Å². The van der Waals surface area contributed by atoms with Gasteiger partial charge in [0.1, 0.15) is 23.3 Å². The lowest BCUT2D eigenvalue weighted by atomic mass is 9.97. The molecule has 0 radical (unpaired) electrons. The van der Waals surface area contributed by atoms with Crippen molar-refractivity contribution in [1.82, 2.24) is 14.8 Å². The van der Waals surface area contributed by atoms with Gasteiger partial charge in [0.2, 0.25) is 5.91 Å². The van der Waals surface area contributed by atoms with Gasteiger partial charge in [-0.25, -0.2) is 8.78 Å². The first-order valence-electron chi connectivity index (χ1n) is 13.0. The van der Waals surface area contributed by atoms with Gasteiger partial charge in [-0.3, -0.25) is 14.6 Å². The van der Waals surface area contributed by atoms with E-state index in [2.05, 4.69) is 9.88 Å². The van der Waals surface area contributed by atoms with Gasteiger partial charge >= 0.3 is 0 Å². The molecular formula is C28H36F2N4O3. The Morgan fingerprint density at radius 3 is 2.49 bits per heavy atom. The Morgan fingerprint density at radius 2 is 1.86 bits per heavy atom. The van der Waals surface area contributed by atoms with Gasteiger partial charge in [-0.1, -0.05) is 6.07 Å². The summed E-state index contributed by atoms with van der Waals surface area (Å²) in [5.41, 5.74) is 5.28. The Bertz CT molecular complexity index is 1100. The van der Waals surface area contributed by atoms with Crippen LogP contribution in [0, 0.1) is 11.7 Å². The average Bonchev–Trinajstić information content (AvgIpc) is 2.87. The van der Waals surface area contributed by atoms with Gasteiger partial charge < -0.3 is 20.3 Å². The van der Waals surface area contributed by atoms with E-state index in [9.17, 15) is 18.4 Å². The highest BCUT2D eigenvalue weighted by molar-refractivity contribution is 5.98. The molecule has 200 valence electrons. The molecule has 1 atom stereocenters. The van der Waals surface area contributed by atoms with Crippen LogP contribution in [0.5, 0.6) is 5.75 Å². The minimum Gasteiger partial charge on any atom is -0.492 e. The molecule has 2 aliphatic heterocycles. The molecule has 1 aromatic carbocycles. The molecular weight excluding hydrogens is 478 g/mol. The van der Waals surface area contributed by atoms with E-state index in [1.54, 1.807) is 38.2 Å². The molecule has 0 spiro atoms. The molecule has 2 saturated heterocycles. The lowest BCUT2D eigenvalue weighted by Gasteiger charge is -2.34. The highest BCUT2D eigenvalue weighted by atomic mass is 19.1. The molecule has 2 aromatic rings. The molecule has 0 aliphatic carbocycles. The number of piperidine rings is 2. The number of nitrogens with two attached hydrogens (primary N) is 1. The lowest BCUT2D eigenvalue weighted by molar-refractivity contribution is -0.123. The second-order valence-corrected chi connectivity index (χ2v) is 10.7. The number of carbonyl (C=O) groups is 2. The Balaban J connectivity index is 1.33. The minimum absolute atomic E-state index is 0.0852. The zero-order valence-corrected chi connectivity index (χ0v) is 21.6.